The van der Waals surface area contributed by atoms with Gasteiger partial charge in [-0.2, -0.15) is 5.26 Å². The van der Waals surface area contributed by atoms with Crippen LogP contribution in [0, 0.1) is 17.2 Å². The van der Waals surface area contributed by atoms with Crippen molar-refractivity contribution in [1.82, 2.24) is 10.2 Å². The minimum atomic E-state index is -0.0636. The van der Waals surface area contributed by atoms with E-state index in [0.717, 1.165) is 19.7 Å². The van der Waals surface area contributed by atoms with Crippen molar-refractivity contribution in [2.75, 3.05) is 39.9 Å². The van der Waals surface area contributed by atoms with Gasteiger partial charge in [-0.1, -0.05) is 41.4 Å². The summed E-state index contributed by atoms with van der Waals surface area (Å²) < 4.78 is 5.49. The van der Waals surface area contributed by atoms with Crippen LogP contribution in [0.25, 0.3) is 0 Å². The molecule has 1 heterocycles. The molecule has 1 amide bonds. The molecule has 148 valence electrons. The van der Waals surface area contributed by atoms with Crippen LogP contribution in [0.2, 0.25) is 10.0 Å². The molecule has 0 spiro atoms. The molecule has 2 aromatic rings. The van der Waals surface area contributed by atoms with Crippen LogP contribution in [0.4, 0.5) is 0 Å². The molecule has 7 heteroatoms. The predicted molar refractivity (Wildman–Crippen MR) is 112 cm³/mol. The molecule has 0 bridgehead atoms. The zero-order valence-electron chi connectivity index (χ0n) is 15.7. The molecule has 1 aliphatic heterocycles. The van der Waals surface area contributed by atoms with Crippen LogP contribution in [-0.2, 0) is 4.74 Å². The van der Waals surface area contributed by atoms with Gasteiger partial charge in [-0.3, -0.25) is 4.79 Å². The molecule has 0 saturated carbocycles. The Hall–Kier alpha value is -2.10. The molecule has 0 radical (unpaired) electrons. The van der Waals surface area contributed by atoms with Crippen molar-refractivity contribution in [1.29, 1.82) is 5.26 Å². The van der Waals surface area contributed by atoms with E-state index in [2.05, 4.69) is 11.4 Å². The maximum absolute atomic E-state index is 12.3. The summed E-state index contributed by atoms with van der Waals surface area (Å²) in [5.74, 6) is 0.233. The van der Waals surface area contributed by atoms with E-state index < -0.39 is 0 Å². The highest BCUT2D eigenvalue weighted by Gasteiger charge is 2.18. The van der Waals surface area contributed by atoms with Crippen molar-refractivity contribution in [3.05, 3.63) is 69.7 Å². The Morgan fingerprint density at radius 3 is 2.61 bits per heavy atom. The van der Waals surface area contributed by atoms with Gasteiger partial charge in [0.1, 0.15) is 0 Å². The predicted octanol–water partition coefficient (Wildman–Crippen LogP) is 3.86. The highest BCUT2D eigenvalue weighted by Crippen LogP contribution is 2.19. The van der Waals surface area contributed by atoms with Gasteiger partial charge < -0.3 is 15.0 Å². The largest absolute Gasteiger partial charge is 0.380 e. The molecule has 0 aromatic heterocycles. The fourth-order valence-corrected chi connectivity index (χ4v) is 3.00. The molecule has 1 aliphatic rings. The highest BCUT2D eigenvalue weighted by atomic mass is 35.5. The molecule has 0 aliphatic carbocycles. The van der Waals surface area contributed by atoms with E-state index in [1.807, 2.05) is 12.1 Å². The SMILES string of the molecule is CN(CC1CNCCOC1)C(=O)c1cccc(C#N)c1.Clc1ccccc1Cl. The Balaban J connectivity index is 0.000000292. The molecule has 28 heavy (non-hydrogen) atoms. The van der Waals surface area contributed by atoms with Gasteiger partial charge in [0.25, 0.3) is 5.91 Å². The molecule has 1 atom stereocenters. The fraction of sp³-hybridized carbons (Fsp3) is 0.333. The van der Waals surface area contributed by atoms with Crippen molar-refractivity contribution in [3.8, 4) is 6.07 Å². The molecule has 1 fully saturated rings. The van der Waals surface area contributed by atoms with Crippen LogP contribution in [0.1, 0.15) is 15.9 Å². The van der Waals surface area contributed by atoms with Gasteiger partial charge in [-0.25, -0.2) is 0 Å². The number of carbonyl (C=O) groups is 1. The first kappa shape index (κ1) is 22.2. The lowest BCUT2D eigenvalue weighted by Crippen LogP contribution is -2.36. The first-order valence-corrected chi connectivity index (χ1v) is 9.71. The molecule has 5 nitrogen and oxygen atoms in total. The number of ether oxygens (including phenoxy) is 1. The Labute approximate surface area is 175 Å². The van der Waals surface area contributed by atoms with Crippen molar-refractivity contribution in [3.63, 3.8) is 0 Å². The molecule has 3 rings (SSSR count). The quantitative estimate of drug-likeness (QED) is 0.819. The van der Waals surface area contributed by atoms with Crippen molar-refractivity contribution in [2.24, 2.45) is 5.92 Å². The van der Waals surface area contributed by atoms with E-state index in [-0.39, 0.29) is 5.91 Å². The van der Waals surface area contributed by atoms with Gasteiger partial charge in [0, 0.05) is 38.2 Å². The summed E-state index contributed by atoms with van der Waals surface area (Å²) in [6.45, 7) is 3.75. The number of rotatable bonds is 3. The van der Waals surface area contributed by atoms with Gasteiger partial charge in [-0.15, -0.1) is 0 Å². The topological polar surface area (TPSA) is 65.4 Å². The number of nitriles is 1. The summed E-state index contributed by atoms with van der Waals surface area (Å²) in [4.78, 5) is 14.0. The summed E-state index contributed by atoms with van der Waals surface area (Å²) >= 11 is 11.2. The molecular weight excluding hydrogens is 397 g/mol. The lowest BCUT2D eigenvalue weighted by molar-refractivity contribution is 0.0714. The molecule has 1 N–H and O–H groups in total. The van der Waals surface area contributed by atoms with Crippen LogP contribution in [0.3, 0.4) is 0 Å². The number of halogens is 2. The summed E-state index contributed by atoms with van der Waals surface area (Å²) in [5.41, 5.74) is 1.05. The molecule has 1 unspecified atom stereocenters. The number of nitrogens with one attached hydrogen (secondary N) is 1. The Morgan fingerprint density at radius 1 is 1.25 bits per heavy atom. The van der Waals surface area contributed by atoms with Crippen LogP contribution < -0.4 is 5.32 Å². The van der Waals surface area contributed by atoms with E-state index >= 15 is 0 Å². The zero-order chi connectivity index (χ0) is 20.4. The van der Waals surface area contributed by atoms with Crippen molar-refractivity contribution >= 4 is 29.1 Å². The average molecular weight is 420 g/mol. The number of carbonyl (C=O) groups excluding carboxylic acids is 1. The van der Waals surface area contributed by atoms with Gasteiger partial charge in [-0.05, 0) is 30.3 Å². The third-order valence-corrected chi connectivity index (χ3v) is 4.91. The lowest BCUT2D eigenvalue weighted by atomic mass is 10.1. The summed E-state index contributed by atoms with van der Waals surface area (Å²) in [6, 6.07) is 16.0. The van der Waals surface area contributed by atoms with E-state index in [9.17, 15) is 4.79 Å². The standard InChI is InChI=1S/C15H19N3O2.C6H4Cl2/c1-18(10-13-9-17-5-6-20-11-13)15(19)14-4-2-3-12(7-14)8-16;7-5-3-1-2-4-6(5)8/h2-4,7,13,17H,5-6,9-11H2,1H3;1-4H. The Kier molecular flexibility index (Phi) is 9.26. The van der Waals surface area contributed by atoms with Gasteiger partial charge in [0.05, 0.1) is 34.9 Å². The van der Waals surface area contributed by atoms with Gasteiger partial charge >= 0.3 is 0 Å². The first-order valence-electron chi connectivity index (χ1n) is 8.95. The molecular formula is C21H23Cl2N3O2. The summed E-state index contributed by atoms with van der Waals surface area (Å²) in [5, 5.41) is 13.4. The summed E-state index contributed by atoms with van der Waals surface area (Å²) in [6.07, 6.45) is 0. The number of amides is 1. The third kappa shape index (κ3) is 7.14. The van der Waals surface area contributed by atoms with Crippen molar-refractivity contribution in [2.45, 2.75) is 0 Å². The Bertz CT molecular complexity index is 794. The van der Waals surface area contributed by atoms with Gasteiger partial charge in [0.15, 0.2) is 0 Å². The van der Waals surface area contributed by atoms with Crippen molar-refractivity contribution < 1.29 is 9.53 Å². The number of nitrogens with zero attached hydrogens (tertiary/aromatic N) is 2. The van der Waals surface area contributed by atoms with E-state index in [0.29, 0.717) is 40.2 Å². The molecule has 1 saturated heterocycles. The van der Waals surface area contributed by atoms with Gasteiger partial charge in [0.2, 0.25) is 0 Å². The third-order valence-electron chi connectivity index (χ3n) is 4.15. The van der Waals surface area contributed by atoms with E-state index in [1.165, 1.54) is 0 Å². The minimum absolute atomic E-state index is 0.0636. The number of benzene rings is 2. The van der Waals surface area contributed by atoms with E-state index in [1.54, 1.807) is 48.3 Å². The number of hydrogen-bond donors (Lipinski definition) is 1. The fourth-order valence-electron chi connectivity index (χ4n) is 2.73. The molecule has 2 aromatic carbocycles. The first-order chi connectivity index (χ1) is 13.5. The maximum atomic E-state index is 12.3. The minimum Gasteiger partial charge on any atom is -0.380 e. The summed E-state index contributed by atoms with van der Waals surface area (Å²) in [7, 11) is 1.78. The lowest BCUT2D eigenvalue weighted by Gasteiger charge is -2.23. The normalized spacial score (nSPS) is 16.1. The Morgan fingerprint density at radius 2 is 1.96 bits per heavy atom. The second-order valence-corrected chi connectivity index (χ2v) is 7.25. The van der Waals surface area contributed by atoms with Crippen LogP contribution in [0.15, 0.2) is 48.5 Å². The zero-order valence-corrected chi connectivity index (χ0v) is 17.2. The van der Waals surface area contributed by atoms with E-state index in [4.69, 9.17) is 33.2 Å². The maximum Gasteiger partial charge on any atom is 0.253 e. The number of hydrogen-bond acceptors (Lipinski definition) is 4. The van der Waals surface area contributed by atoms with Crippen LogP contribution >= 0.6 is 23.2 Å². The second kappa shape index (κ2) is 11.7. The average Bonchev–Trinajstić information content (AvgIpc) is 2.99. The second-order valence-electron chi connectivity index (χ2n) is 6.44. The van der Waals surface area contributed by atoms with Crippen LogP contribution in [0.5, 0.6) is 0 Å². The van der Waals surface area contributed by atoms with Crippen LogP contribution in [-0.4, -0.2) is 50.7 Å². The smallest absolute Gasteiger partial charge is 0.253 e. The highest BCUT2D eigenvalue weighted by molar-refractivity contribution is 6.41. The monoisotopic (exact) mass is 419 g/mol.